The van der Waals surface area contributed by atoms with Gasteiger partial charge in [0.05, 0.1) is 6.07 Å². The lowest BCUT2D eigenvalue weighted by Crippen LogP contribution is -2.50. The highest BCUT2D eigenvalue weighted by Gasteiger charge is 2.44. The molecule has 2 atom stereocenters. The van der Waals surface area contributed by atoms with E-state index in [0.29, 0.717) is 12.1 Å². The molecule has 3 fully saturated rings. The zero-order chi connectivity index (χ0) is 12.6. The van der Waals surface area contributed by atoms with Gasteiger partial charge >= 0.3 is 0 Å². The van der Waals surface area contributed by atoms with E-state index in [4.69, 9.17) is 0 Å². The molecule has 2 saturated carbocycles. The Bertz CT molecular complexity index is 338. The van der Waals surface area contributed by atoms with Gasteiger partial charge in [0.25, 0.3) is 0 Å². The van der Waals surface area contributed by atoms with Gasteiger partial charge in [-0.15, -0.1) is 0 Å². The van der Waals surface area contributed by atoms with Crippen LogP contribution in [0.2, 0.25) is 0 Å². The number of hydrogen-bond acceptors (Lipinski definition) is 4. The normalized spacial score (nSPS) is 38.8. The molecule has 0 radical (unpaired) electrons. The van der Waals surface area contributed by atoms with Gasteiger partial charge in [-0.25, -0.2) is 0 Å². The molecular formula is C14H24N4. The van der Waals surface area contributed by atoms with Crippen LogP contribution in [-0.2, 0) is 0 Å². The first kappa shape index (κ1) is 12.4. The Morgan fingerprint density at radius 1 is 1.17 bits per heavy atom. The average molecular weight is 248 g/mol. The van der Waals surface area contributed by atoms with Crippen molar-refractivity contribution >= 4 is 0 Å². The van der Waals surface area contributed by atoms with Crippen LogP contribution >= 0.6 is 0 Å². The molecule has 0 aromatic carbocycles. The van der Waals surface area contributed by atoms with Crippen molar-refractivity contribution in [3.05, 3.63) is 0 Å². The molecule has 0 spiro atoms. The zero-order valence-electron chi connectivity index (χ0n) is 11.4. The van der Waals surface area contributed by atoms with Crippen molar-refractivity contribution in [2.45, 2.75) is 49.7 Å². The summed E-state index contributed by atoms with van der Waals surface area (Å²) < 4.78 is 0. The van der Waals surface area contributed by atoms with Crippen LogP contribution in [0.15, 0.2) is 0 Å². The third kappa shape index (κ3) is 2.54. The minimum atomic E-state index is -0.213. The molecule has 100 valence electrons. The van der Waals surface area contributed by atoms with Crippen LogP contribution in [0.5, 0.6) is 0 Å². The molecule has 0 amide bonds. The van der Waals surface area contributed by atoms with E-state index in [-0.39, 0.29) is 5.54 Å². The predicted octanol–water partition coefficient (Wildman–Crippen LogP) is 0.801. The van der Waals surface area contributed by atoms with Gasteiger partial charge in [-0.3, -0.25) is 10.2 Å². The second kappa shape index (κ2) is 4.80. The lowest BCUT2D eigenvalue weighted by atomic mass is 9.99. The molecule has 3 rings (SSSR count). The summed E-state index contributed by atoms with van der Waals surface area (Å²) >= 11 is 0. The van der Waals surface area contributed by atoms with Crippen molar-refractivity contribution in [1.82, 2.24) is 15.1 Å². The van der Waals surface area contributed by atoms with E-state index >= 15 is 0 Å². The lowest BCUT2D eigenvalue weighted by molar-refractivity contribution is 0.111. The quantitative estimate of drug-likeness (QED) is 0.802. The summed E-state index contributed by atoms with van der Waals surface area (Å²) in [6, 6.07) is 3.84. The van der Waals surface area contributed by atoms with Crippen molar-refractivity contribution < 1.29 is 0 Å². The fourth-order valence-corrected chi connectivity index (χ4v) is 3.40. The van der Waals surface area contributed by atoms with E-state index in [1.165, 1.54) is 45.4 Å². The first-order valence-electron chi connectivity index (χ1n) is 7.32. The van der Waals surface area contributed by atoms with E-state index in [1.807, 2.05) is 0 Å². The van der Waals surface area contributed by atoms with E-state index < -0.39 is 0 Å². The molecule has 1 heterocycles. The van der Waals surface area contributed by atoms with E-state index in [0.717, 1.165) is 12.8 Å². The van der Waals surface area contributed by atoms with Crippen LogP contribution in [0.3, 0.4) is 0 Å². The Balaban J connectivity index is 1.58. The Morgan fingerprint density at radius 3 is 2.50 bits per heavy atom. The smallest absolute Gasteiger partial charge is 0.108 e. The minimum absolute atomic E-state index is 0.213. The number of nitriles is 1. The summed E-state index contributed by atoms with van der Waals surface area (Å²) in [5, 5.41) is 13.1. The maximum atomic E-state index is 9.51. The Hall–Kier alpha value is -0.630. The summed E-state index contributed by atoms with van der Waals surface area (Å²) in [6.45, 7) is 4.69. The fourth-order valence-electron chi connectivity index (χ4n) is 3.40. The molecule has 1 saturated heterocycles. The fraction of sp³-hybridized carbons (Fsp3) is 0.929. The van der Waals surface area contributed by atoms with Crippen molar-refractivity contribution in [3.63, 3.8) is 0 Å². The van der Waals surface area contributed by atoms with Crippen LogP contribution in [0, 0.1) is 11.3 Å². The van der Waals surface area contributed by atoms with Crippen LogP contribution < -0.4 is 5.32 Å². The summed E-state index contributed by atoms with van der Waals surface area (Å²) in [5.41, 5.74) is -0.213. The molecule has 0 bridgehead atoms. The third-order valence-electron chi connectivity index (χ3n) is 4.81. The summed E-state index contributed by atoms with van der Waals surface area (Å²) in [5.74, 6) is 0. The first-order chi connectivity index (χ1) is 8.71. The molecule has 0 aromatic rings. The highest BCUT2D eigenvalue weighted by Crippen LogP contribution is 2.36. The largest absolute Gasteiger partial charge is 0.304 e. The number of rotatable bonds is 3. The standard InChI is InChI=1S/C14H24N4/c1-17-6-8-18(9-7-17)13-4-5-14(10-13,11-15)16-12-2-3-12/h12-13,16H,2-10H2,1H3. The molecular weight excluding hydrogens is 224 g/mol. The minimum Gasteiger partial charge on any atom is -0.304 e. The molecule has 1 N–H and O–H groups in total. The van der Waals surface area contributed by atoms with Gasteiger partial charge in [-0.1, -0.05) is 0 Å². The maximum absolute atomic E-state index is 9.51. The molecule has 2 unspecified atom stereocenters. The first-order valence-corrected chi connectivity index (χ1v) is 7.32. The second-order valence-corrected chi connectivity index (χ2v) is 6.35. The molecule has 4 nitrogen and oxygen atoms in total. The maximum Gasteiger partial charge on any atom is 0.108 e. The molecule has 0 aromatic heterocycles. The monoisotopic (exact) mass is 248 g/mol. The van der Waals surface area contributed by atoms with Crippen molar-refractivity contribution in [2.24, 2.45) is 0 Å². The Morgan fingerprint density at radius 2 is 1.89 bits per heavy atom. The van der Waals surface area contributed by atoms with Gasteiger partial charge in [0.2, 0.25) is 0 Å². The lowest BCUT2D eigenvalue weighted by Gasteiger charge is -2.37. The Labute approximate surface area is 110 Å². The van der Waals surface area contributed by atoms with E-state index in [2.05, 4.69) is 28.2 Å². The van der Waals surface area contributed by atoms with Gasteiger partial charge < -0.3 is 4.90 Å². The topological polar surface area (TPSA) is 42.3 Å². The van der Waals surface area contributed by atoms with Gasteiger partial charge in [-0.2, -0.15) is 5.26 Å². The number of likely N-dealkylation sites (N-methyl/N-ethyl adjacent to an activating group) is 1. The summed E-state index contributed by atoms with van der Waals surface area (Å²) in [7, 11) is 2.19. The summed E-state index contributed by atoms with van der Waals surface area (Å²) in [4.78, 5) is 5.00. The highest BCUT2D eigenvalue weighted by atomic mass is 15.3. The van der Waals surface area contributed by atoms with Crippen LogP contribution in [0.1, 0.15) is 32.1 Å². The number of hydrogen-bond donors (Lipinski definition) is 1. The van der Waals surface area contributed by atoms with Gasteiger partial charge in [0.15, 0.2) is 0 Å². The number of nitrogens with one attached hydrogen (secondary N) is 1. The zero-order valence-corrected chi connectivity index (χ0v) is 11.4. The van der Waals surface area contributed by atoms with Crippen LogP contribution in [-0.4, -0.2) is 60.6 Å². The van der Waals surface area contributed by atoms with Gasteiger partial charge in [0, 0.05) is 38.3 Å². The number of piperazine rings is 1. The van der Waals surface area contributed by atoms with Crippen molar-refractivity contribution in [3.8, 4) is 6.07 Å². The average Bonchev–Trinajstić information content (AvgIpc) is 3.09. The van der Waals surface area contributed by atoms with Crippen LogP contribution in [0.25, 0.3) is 0 Å². The van der Waals surface area contributed by atoms with Crippen molar-refractivity contribution in [1.29, 1.82) is 5.26 Å². The van der Waals surface area contributed by atoms with Gasteiger partial charge in [-0.05, 0) is 39.2 Å². The second-order valence-electron chi connectivity index (χ2n) is 6.35. The predicted molar refractivity (Wildman–Crippen MR) is 71.2 cm³/mol. The van der Waals surface area contributed by atoms with Crippen LogP contribution in [0.4, 0.5) is 0 Å². The molecule has 1 aliphatic heterocycles. The molecule has 3 aliphatic rings. The third-order valence-corrected chi connectivity index (χ3v) is 4.81. The molecule has 18 heavy (non-hydrogen) atoms. The molecule has 4 heteroatoms. The van der Waals surface area contributed by atoms with Gasteiger partial charge in [0.1, 0.15) is 5.54 Å². The molecule has 2 aliphatic carbocycles. The number of nitrogens with zero attached hydrogens (tertiary/aromatic N) is 3. The van der Waals surface area contributed by atoms with E-state index in [1.54, 1.807) is 0 Å². The highest BCUT2D eigenvalue weighted by molar-refractivity contribution is 5.15. The summed E-state index contributed by atoms with van der Waals surface area (Å²) in [6.07, 6.45) is 5.79. The van der Waals surface area contributed by atoms with Crippen molar-refractivity contribution in [2.75, 3.05) is 33.2 Å². The SMILES string of the molecule is CN1CCN(C2CCC(C#N)(NC3CC3)C2)CC1. The van der Waals surface area contributed by atoms with E-state index in [9.17, 15) is 5.26 Å². The Kier molecular flexibility index (Phi) is 3.31.